The molecule has 2 nitrogen and oxygen atoms in total. The molecular formula is C19H19BrFNO. The van der Waals surface area contributed by atoms with Crippen LogP contribution in [0.3, 0.4) is 0 Å². The molecule has 1 aliphatic rings. The number of amides is 1. The number of carbonyl (C=O) groups excluding carboxylic acids is 1. The summed E-state index contributed by atoms with van der Waals surface area (Å²) in [4.78, 5) is 14.5. The van der Waals surface area contributed by atoms with E-state index in [0.29, 0.717) is 0 Å². The summed E-state index contributed by atoms with van der Waals surface area (Å²) in [5.74, 6) is -0.196. The fraction of sp³-hybridized carbons (Fsp3) is 0.316. The van der Waals surface area contributed by atoms with Crippen LogP contribution >= 0.6 is 15.9 Å². The molecule has 1 saturated heterocycles. The van der Waals surface area contributed by atoms with Crippen molar-refractivity contribution in [3.63, 3.8) is 0 Å². The maximum Gasteiger partial charge on any atom is 0.227 e. The standard InChI is InChI=1S/C19H19BrFNO/c20-16-8-6-14(7-9-16)12-18-5-2-10-22(18)19(23)13-15-3-1-4-17(21)11-15/h1,3-4,6-9,11,18H,2,5,10,12-13H2/t18-/m1/s1. The quantitative estimate of drug-likeness (QED) is 0.776. The zero-order valence-electron chi connectivity index (χ0n) is 12.8. The molecule has 0 N–H and O–H groups in total. The Morgan fingerprint density at radius 3 is 2.70 bits per heavy atom. The number of halogens is 2. The molecule has 0 radical (unpaired) electrons. The Morgan fingerprint density at radius 2 is 1.96 bits per heavy atom. The topological polar surface area (TPSA) is 20.3 Å². The van der Waals surface area contributed by atoms with Gasteiger partial charge in [-0.25, -0.2) is 4.39 Å². The van der Waals surface area contributed by atoms with E-state index in [2.05, 4.69) is 28.1 Å². The van der Waals surface area contributed by atoms with Crippen LogP contribution in [0.1, 0.15) is 24.0 Å². The van der Waals surface area contributed by atoms with Crippen molar-refractivity contribution < 1.29 is 9.18 Å². The third-order valence-corrected chi connectivity index (χ3v) is 4.86. The van der Waals surface area contributed by atoms with Crippen LogP contribution in [0, 0.1) is 5.82 Å². The Bertz CT molecular complexity index is 686. The lowest BCUT2D eigenvalue weighted by Gasteiger charge is -2.25. The molecule has 0 spiro atoms. The second-order valence-corrected chi connectivity index (χ2v) is 6.94. The molecule has 3 rings (SSSR count). The van der Waals surface area contributed by atoms with Gasteiger partial charge in [-0.15, -0.1) is 0 Å². The lowest BCUT2D eigenvalue weighted by atomic mass is 10.0. The lowest BCUT2D eigenvalue weighted by molar-refractivity contribution is -0.131. The summed E-state index contributed by atoms with van der Waals surface area (Å²) in [7, 11) is 0. The van der Waals surface area contributed by atoms with E-state index < -0.39 is 0 Å². The molecule has 0 aliphatic carbocycles. The van der Waals surface area contributed by atoms with Crippen LogP contribution in [0.2, 0.25) is 0 Å². The molecule has 2 aromatic rings. The molecule has 0 aromatic heterocycles. The van der Waals surface area contributed by atoms with Gasteiger partial charge in [-0.05, 0) is 54.7 Å². The van der Waals surface area contributed by atoms with Crippen LogP contribution in [-0.2, 0) is 17.6 Å². The Balaban J connectivity index is 1.66. The molecule has 0 unspecified atom stereocenters. The van der Waals surface area contributed by atoms with Crippen molar-refractivity contribution >= 4 is 21.8 Å². The van der Waals surface area contributed by atoms with Gasteiger partial charge in [-0.2, -0.15) is 0 Å². The van der Waals surface area contributed by atoms with Gasteiger partial charge in [0.15, 0.2) is 0 Å². The molecule has 1 fully saturated rings. The SMILES string of the molecule is O=C(Cc1cccc(F)c1)N1CCC[C@@H]1Cc1ccc(Br)cc1. The summed E-state index contributed by atoms with van der Waals surface area (Å²) in [6, 6.07) is 14.8. The van der Waals surface area contributed by atoms with Crippen molar-refractivity contribution in [2.24, 2.45) is 0 Å². The van der Waals surface area contributed by atoms with E-state index in [4.69, 9.17) is 0 Å². The molecule has 0 saturated carbocycles. The van der Waals surface area contributed by atoms with E-state index >= 15 is 0 Å². The molecule has 4 heteroatoms. The first-order chi connectivity index (χ1) is 11.1. The van der Waals surface area contributed by atoms with Crippen LogP contribution in [0.4, 0.5) is 4.39 Å². The molecule has 2 aromatic carbocycles. The van der Waals surface area contributed by atoms with Gasteiger partial charge >= 0.3 is 0 Å². The van der Waals surface area contributed by atoms with Crippen molar-refractivity contribution in [2.75, 3.05) is 6.54 Å². The zero-order valence-corrected chi connectivity index (χ0v) is 14.4. The summed E-state index contributed by atoms with van der Waals surface area (Å²) >= 11 is 3.44. The van der Waals surface area contributed by atoms with E-state index in [-0.39, 0.29) is 24.2 Å². The minimum absolute atomic E-state index is 0.0928. The average molecular weight is 376 g/mol. The maximum absolute atomic E-state index is 13.3. The second-order valence-electron chi connectivity index (χ2n) is 6.02. The first kappa shape index (κ1) is 16.2. The summed E-state index contributed by atoms with van der Waals surface area (Å²) in [6.07, 6.45) is 3.22. The van der Waals surface area contributed by atoms with Crippen molar-refractivity contribution in [1.29, 1.82) is 0 Å². The first-order valence-electron chi connectivity index (χ1n) is 7.90. The van der Waals surface area contributed by atoms with E-state index in [1.54, 1.807) is 12.1 Å². The van der Waals surface area contributed by atoms with Gasteiger partial charge in [0.2, 0.25) is 5.91 Å². The van der Waals surface area contributed by atoms with Crippen LogP contribution < -0.4 is 0 Å². The summed E-state index contributed by atoms with van der Waals surface area (Å²) in [6.45, 7) is 0.801. The number of likely N-dealkylation sites (tertiary alicyclic amines) is 1. The van der Waals surface area contributed by atoms with Gasteiger partial charge in [0.05, 0.1) is 6.42 Å². The van der Waals surface area contributed by atoms with Crippen molar-refractivity contribution in [1.82, 2.24) is 4.90 Å². The minimum atomic E-state index is -0.289. The molecular weight excluding hydrogens is 357 g/mol. The highest BCUT2D eigenvalue weighted by Gasteiger charge is 2.28. The number of benzene rings is 2. The first-order valence-corrected chi connectivity index (χ1v) is 8.69. The molecule has 1 amide bonds. The van der Waals surface area contributed by atoms with Crippen molar-refractivity contribution in [3.05, 3.63) is 69.9 Å². The van der Waals surface area contributed by atoms with Crippen molar-refractivity contribution in [3.8, 4) is 0 Å². The van der Waals surface area contributed by atoms with E-state index in [1.807, 2.05) is 17.0 Å². The highest BCUT2D eigenvalue weighted by molar-refractivity contribution is 9.10. The Hall–Kier alpha value is -1.68. The predicted molar refractivity (Wildman–Crippen MR) is 92.7 cm³/mol. The number of hydrogen-bond donors (Lipinski definition) is 0. The molecule has 1 atom stereocenters. The van der Waals surface area contributed by atoms with Crippen LogP contribution in [0.5, 0.6) is 0 Å². The number of rotatable bonds is 4. The Morgan fingerprint density at radius 1 is 1.17 bits per heavy atom. The third kappa shape index (κ3) is 4.20. The van der Waals surface area contributed by atoms with Gasteiger partial charge in [-0.1, -0.05) is 40.2 Å². The predicted octanol–water partition coefficient (Wildman–Crippen LogP) is 4.36. The number of carbonyl (C=O) groups is 1. The molecule has 1 heterocycles. The highest BCUT2D eigenvalue weighted by atomic mass is 79.9. The largest absolute Gasteiger partial charge is 0.339 e. The van der Waals surface area contributed by atoms with E-state index in [1.165, 1.54) is 17.7 Å². The van der Waals surface area contributed by atoms with Gasteiger partial charge in [0, 0.05) is 17.1 Å². The van der Waals surface area contributed by atoms with E-state index in [0.717, 1.165) is 35.8 Å². The van der Waals surface area contributed by atoms with Crippen LogP contribution in [0.15, 0.2) is 53.0 Å². The maximum atomic E-state index is 13.3. The van der Waals surface area contributed by atoms with Crippen LogP contribution in [-0.4, -0.2) is 23.4 Å². The van der Waals surface area contributed by atoms with Gasteiger partial charge in [0.25, 0.3) is 0 Å². The van der Waals surface area contributed by atoms with Crippen molar-refractivity contribution in [2.45, 2.75) is 31.7 Å². The summed E-state index contributed by atoms with van der Waals surface area (Å²) in [5, 5.41) is 0. The minimum Gasteiger partial charge on any atom is -0.339 e. The Labute approximate surface area is 144 Å². The fourth-order valence-electron chi connectivity index (χ4n) is 3.19. The van der Waals surface area contributed by atoms with Gasteiger partial charge in [-0.3, -0.25) is 4.79 Å². The van der Waals surface area contributed by atoms with Gasteiger partial charge < -0.3 is 4.90 Å². The van der Waals surface area contributed by atoms with E-state index in [9.17, 15) is 9.18 Å². The summed E-state index contributed by atoms with van der Waals surface area (Å²) < 4.78 is 14.3. The molecule has 1 aliphatic heterocycles. The number of hydrogen-bond acceptors (Lipinski definition) is 1. The zero-order chi connectivity index (χ0) is 16.2. The Kier molecular flexibility index (Phi) is 5.11. The van der Waals surface area contributed by atoms with Gasteiger partial charge in [0.1, 0.15) is 5.82 Å². The molecule has 0 bridgehead atoms. The number of nitrogens with zero attached hydrogens (tertiary/aromatic N) is 1. The monoisotopic (exact) mass is 375 g/mol. The summed E-state index contributed by atoms with van der Waals surface area (Å²) in [5.41, 5.74) is 1.98. The third-order valence-electron chi connectivity index (χ3n) is 4.33. The second kappa shape index (κ2) is 7.26. The fourth-order valence-corrected chi connectivity index (χ4v) is 3.46. The molecule has 23 heavy (non-hydrogen) atoms. The lowest BCUT2D eigenvalue weighted by Crippen LogP contribution is -2.37. The normalized spacial score (nSPS) is 17.5. The molecule has 120 valence electrons. The van der Waals surface area contributed by atoms with Crippen LogP contribution in [0.25, 0.3) is 0 Å². The average Bonchev–Trinajstić information content (AvgIpc) is 2.98. The smallest absolute Gasteiger partial charge is 0.227 e. The highest BCUT2D eigenvalue weighted by Crippen LogP contribution is 2.23.